The molecule has 0 spiro atoms. The zero-order valence-electron chi connectivity index (χ0n) is 13.3. The third kappa shape index (κ3) is 3.19. The number of carbonyl (C=O) groups excluding carboxylic acids is 1. The first-order chi connectivity index (χ1) is 11.3. The Hall–Kier alpha value is -1.65. The minimum Gasteiger partial charge on any atom is -0.336 e. The first kappa shape index (κ1) is 14.9. The van der Waals surface area contributed by atoms with Crippen LogP contribution < -0.4 is 0 Å². The van der Waals surface area contributed by atoms with Gasteiger partial charge in [0.25, 0.3) is 5.91 Å². The van der Waals surface area contributed by atoms with Gasteiger partial charge in [-0.05, 0) is 64.9 Å². The first-order valence-electron chi connectivity index (χ1n) is 8.44. The molecule has 4 heteroatoms. The maximum absolute atomic E-state index is 12.7. The van der Waals surface area contributed by atoms with Crippen molar-refractivity contribution in [2.45, 2.75) is 25.8 Å². The number of benzene rings is 1. The summed E-state index contributed by atoms with van der Waals surface area (Å²) >= 11 is 1.75. The number of amides is 1. The maximum atomic E-state index is 12.7. The first-order valence-corrected chi connectivity index (χ1v) is 9.38. The fourth-order valence-electron chi connectivity index (χ4n) is 3.64. The van der Waals surface area contributed by atoms with Crippen LogP contribution in [0.5, 0.6) is 0 Å². The third-order valence-electron chi connectivity index (χ3n) is 4.99. The van der Waals surface area contributed by atoms with Gasteiger partial charge >= 0.3 is 0 Å². The fraction of sp³-hybridized carbons (Fsp3) is 0.421. The van der Waals surface area contributed by atoms with Crippen molar-refractivity contribution < 1.29 is 4.79 Å². The van der Waals surface area contributed by atoms with Gasteiger partial charge < -0.3 is 4.90 Å². The molecule has 1 saturated heterocycles. The SMILES string of the molecule is O=C(c1ccc2c(c1)CCC2)N1CCN(Cc2ccsc2)CC1. The van der Waals surface area contributed by atoms with Gasteiger partial charge in [-0.25, -0.2) is 0 Å². The Labute approximate surface area is 141 Å². The van der Waals surface area contributed by atoms with E-state index in [0.29, 0.717) is 0 Å². The van der Waals surface area contributed by atoms with Crippen LogP contribution in [0.25, 0.3) is 0 Å². The topological polar surface area (TPSA) is 23.6 Å². The minimum absolute atomic E-state index is 0.204. The van der Waals surface area contributed by atoms with E-state index in [0.717, 1.165) is 44.7 Å². The molecule has 0 bridgehead atoms. The number of hydrogen-bond acceptors (Lipinski definition) is 3. The van der Waals surface area contributed by atoms with E-state index in [1.165, 1.54) is 29.5 Å². The molecule has 1 aromatic heterocycles. The summed E-state index contributed by atoms with van der Waals surface area (Å²) in [6, 6.07) is 8.49. The number of thiophene rings is 1. The van der Waals surface area contributed by atoms with E-state index in [-0.39, 0.29) is 5.91 Å². The highest BCUT2D eigenvalue weighted by molar-refractivity contribution is 7.07. The number of piperazine rings is 1. The molecule has 2 aliphatic rings. The number of hydrogen-bond donors (Lipinski definition) is 0. The summed E-state index contributed by atoms with van der Waals surface area (Å²) in [4.78, 5) is 17.2. The summed E-state index contributed by atoms with van der Waals surface area (Å²) in [5.41, 5.74) is 5.07. The number of rotatable bonds is 3. The van der Waals surface area contributed by atoms with E-state index in [9.17, 15) is 4.79 Å². The Bertz CT molecular complexity index is 687. The molecule has 0 N–H and O–H groups in total. The van der Waals surface area contributed by atoms with Crippen LogP contribution >= 0.6 is 11.3 Å². The van der Waals surface area contributed by atoms with Crippen LogP contribution in [0.4, 0.5) is 0 Å². The van der Waals surface area contributed by atoms with Crippen molar-refractivity contribution in [3.8, 4) is 0 Å². The highest BCUT2D eigenvalue weighted by Crippen LogP contribution is 2.23. The molecule has 0 atom stereocenters. The molecule has 120 valence electrons. The van der Waals surface area contributed by atoms with Crippen molar-refractivity contribution in [3.63, 3.8) is 0 Å². The Kier molecular flexibility index (Phi) is 4.19. The standard InChI is InChI=1S/C19H22N2OS/c22-19(18-5-4-16-2-1-3-17(16)12-18)21-9-7-20(8-10-21)13-15-6-11-23-14-15/h4-6,11-12,14H,1-3,7-10,13H2. The van der Waals surface area contributed by atoms with Gasteiger partial charge in [0.15, 0.2) is 0 Å². The summed E-state index contributed by atoms with van der Waals surface area (Å²) < 4.78 is 0. The molecule has 3 nitrogen and oxygen atoms in total. The highest BCUT2D eigenvalue weighted by atomic mass is 32.1. The van der Waals surface area contributed by atoms with Gasteiger partial charge in [0, 0.05) is 38.3 Å². The molecule has 0 unspecified atom stereocenters. The lowest BCUT2D eigenvalue weighted by molar-refractivity contribution is 0.0628. The van der Waals surface area contributed by atoms with Crippen molar-refractivity contribution in [2.24, 2.45) is 0 Å². The zero-order chi connectivity index (χ0) is 15.6. The molecule has 1 amide bonds. The van der Waals surface area contributed by atoms with Crippen molar-refractivity contribution in [1.82, 2.24) is 9.80 Å². The highest BCUT2D eigenvalue weighted by Gasteiger charge is 2.23. The van der Waals surface area contributed by atoms with Crippen LogP contribution in [0, 0.1) is 0 Å². The lowest BCUT2D eigenvalue weighted by Gasteiger charge is -2.34. The number of nitrogens with zero attached hydrogens (tertiary/aromatic N) is 2. The van der Waals surface area contributed by atoms with Gasteiger partial charge in [0.1, 0.15) is 0 Å². The van der Waals surface area contributed by atoms with Crippen LogP contribution in [-0.2, 0) is 19.4 Å². The van der Waals surface area contributed by atoms with E-state index in [4.69, 9.17) is 0 Å². The van der Waals surface area contributed by atoms with Crippen LogP contribution in [-0.4, -0.2) is 41.9 Å². The minimum atomic E-state index is 0.204. The van der Waals surface area contributed by atoms with E-state index in [1.807, 2.05) is 11.0 Å². The molecule has 23 heavy (non-hydrogen) atoms. The van der Waals surface area contributed by atoms with E-state index in [1.54, 1.807) is 11.3 Å². The second-order valence-electron chi connectivity index (χ2n) is 6.54. The Morgan fingerprint density at radius 1 is 1.04 bits per heavy atom. The smallest absolute Gasteiger partial charge is 0.253 e. The normalized spacial score (nSPS) is 18.2. The molecule has 1 aliphatic carbocycles. The van der Waals surface area contributed by atoms with Crippen molar-refractivity contribution >= 4 is 17.2 Å². The van der Waals surface area contributed by atoms with Crippen LogP contribution in [0.2, 0.25) is 0 Å². The van der Waals surface area contributed by atoms with Crippen molar-refractivity contribution in [1.29, 1.82) is 0 Å². The molecule has 4 rings (SSSR count). The van der Waals surface area contributed by atoms with E-state index < -0.39 is 0 Å². The number of fused-ring (bicyclic) bond motifs is 1. The van der Waals surface area contributed by atoms with Crippen molar-refractivity contribution in [3.05, 3.63) is 57.3 Å². The molecule has 0 radical (unpaired) electrons. The van der Waals surface area contributed by atoms with Crippen LogP contribution in [0.1, 0.15) is 33.5 Å². The lowest BCUT2D eigenvalue weighted by Crippen LogP contribution is -2.48. The van der Waals surface area contributed by atoms with Gasteiger partial charge in [0.05, 0.1) is 0 Å². The molecule has 2 heterocycles. The van der Waals surface area contributed by atoms with Gasteiger partial charge in [0.2, 0.25) is 0 Å². The number of aryl methyl sites for hydroxylation is 2. The molecule has 2 aromatic rings. The number of carbonyl (C=O) groups is 1. The van der Waals surface area contributed by atoms with E-state index >= 15 is 0 Å². The second kappa shape index (κ2) is 6.46. The van der Waals surface area contributed by atoms with Gasteiger partial charge in [-0.3, -0.25) is 9.69 Å². The van der Waals surface area contributed by atoms with Crippen LogP contribution in [0.15, 0.2) is 35.0 Å². The fourth-order valence-corrected chi connectivity index (χ4v) is 4.30. The summed E-state index contributed by atoms with van der Waals surface area (Å²) in [6.45, 7) is 4.60. The molecule has 0 saturated carbocycles. The zero-order valence-corrected chi connectivity index (χ0v) is 14.1. The predicted molar refractivity (Wildman–Crippen MR) is 94.0 cm³/mol. The van der Waals surface area contributed by atoms with Gasteiger partial charge in [-0.15, -0.1) is 0 Å². The quantitative estimate of drug-likeness (QED) is 0.865. The van der Waals surface area contributed by atoms with Gasteiger partial charge in [-0.1, -0.05) is 6.07 Å². The molecular weight excluding hydrogens is 304 g/mol. The lowest BCUT2D eigenvalue weighted by atomic mass is 10.1. The third-order valence-corrected chi connectivity index (χ3v) is 5.72. The van der Waals surface area contributed by atoms with Gasteiger partial charge in [-0.2, -0.15) is 11.3 Å². The molecule has 1 aromatic carbocycles. The van der Waals surface area contributed by atoms with Crippen LogP contribution in [0.3, 0.4) is 0 Å². The maximum Gasteiger partial charge on any atom is 0.253 e. The Morgan fingerprint density at radius 3 is 2.65 bits per heavy atom. The largest absolute Gasteiger partial charge is 0.336 e. The summed E-state index contributed by atoms with van der Waals surface area (Å²) in [7, 11) is 0. The molecule has 1 aliphatic heterocycles. The summed E-state index contributed by atoms with van der Waals surface area (Å²) in [5, 5.41) is 4.34. The Balaban J connectivity index is 1.37. The molecule has 1 fully saturated rings. The average Bonchev–Trinajstić information content (AvgIpc) is 3.25. The Morgan fingerprint density at radius 2 is 1.87 bits per heavy atom. The monoisotopic (exact) mass is 326 g/mol. The average molecular weight is 326 g/mol. The molecular formula is C19H22N2OS. The van der Waals surface area contributed by atoms with E-state index in [2.05, 4.69) is 33.9 Å². The summed E-state index contributed by atoms with van der Waals surface area (Å²) in [6.07, 6.45) is 3.53. The summed E-state index contributed by atoms with van der Waals surface area (Å²) in [5.74, 6) is 0.204. The second-order valence-corrected chi connectivity index (χ2v) is 7.32. The predicted octanol–water partition coefficient (Wildman–Crippen LogP) is 3.19. The van der Waals surface area contributed by atoms with Crippen molar-refractivity contribution in [2.75, 3.05) is 26.2 Å².